The average Bonchev–Trinajstić information content (AvgIpc) is 2.68. The number of benzene rings is 1. The molecule has 1 atom stereocenters. The van der Waals surface area contributed by atoms with Crippen LogP contribution >= 0.6 is 11.6 Å². The first-order valence-electron chi connectivity index (χ1n) is 8.60. The number of aromatic nitrogens is 1. The first-order valence-corrected chi connectivity index (χ1v) is 8.98. The maximum absolute atomic E-state index is 12.7. The summed E-state index contributed by atoms with van der Waals surface area (Å²) in [6.07, 6.45) is 1.30. The molecular formula is C19H20ClN3O4. The highest BCUT2D eigenvalue weighted by atomic mass is 35.5. The van der Waals surface area contributed by atoms with E-state index in [4.69, 9.17) is 16.3 Å². The number of carboxylic acids is 1. The molecule has 1 unspecified atom stereocenters. The number of aliphatic carboxylic acids is 1. The Morgan fingerprint density at radius 3 is 2.70 bits per heavy atom. The number of anilines is 1. The second-order valence-corrected chi connectivity index (χ2v) is 6.55. The minimum Gasteiger partial charge on any atom is -0.481 e. The van der Waals surface area contributed by atoms with E-state index in [2.05, 4.69) is 10.3 Å². The van der Waals surface area contributed by atoms with Crippen LogP contribution in [0.2, 0.25) is 5.02 Å². The van der Waals surface area contributed by atoms with Crippen molar-refractivity contribution in [2.45, 2.75) is 12.5 Å². The molecule has 1 fully saturated rings. The normalized spacial score (nSPS) is 15.2. The molecule has 8 heteroatoms. The van der Waals surface area contributed by atoms with Gasteiger partial charge in [-0.3, -0.25) is 9.59 Å². The van der Waals surface area contributed by atoms with Crippen LogP contribution in [0, 0.1) is 0 Å². The first kappa shape index (κ1) is 19.1. The number of amides is 1. The topological polar surface area (TPSA) is 91.8 Å². The van der Waals surface area contributed by atoms with Crippen molar-refractivity contribution in [3.05, 3.63) is 58.7 Å². The molecule has 7 nitrogen and oxygen atoms in total. The lowest BCUT2D eigenvalue weighted by atomic mass is 10.0. The Bertz CT molecular complexity index is 824. The zero-order valence-electron chi connectivity index (χ0n) is 14.6. The fourth-order valence-electron chi connectivity index (χ4n) is 2.94. The summed E-state index contributed by atoms with van der Waals surface area (Å²) < 4.78 is 5.33. The fourth-order valence-corrected chi connectivity index (χ4v) is 3.21. The summed E-state index contributed by atoms with van der Waals surface area (Å²) in [5, 5.41) is 12.4. The number of hydrogen-bond donors (Lipinski definition) is 2. The van der Waals surface area contributed by atoms with Gasteiger partial charge in [0.25, 0.3) is 5.91 Å². The Morgan fingerprint density at radius 2 is 2.00 bits per heavy atom. The van der Waals surface area contributed by atoms with Crippen molar-refractivity contribution in [1.29, 1.82) is 0 Å². The SMILES string of the molecule is O=C(O)CC(NC(=O)c1ccnc(N2CCOCC2)c1)c1ccccc1Cl. The van der Waals surface area contributed by atoms with E-state index in [1.165, 1.54) is 0 Å². The van der Waals surface area contributed by atoms with Crippen LogP contribution in [0.15, 0.2) is 42.6 Å². The van der Waals surface area contributed by atoms with Gasteiger partial charge in [-0.1, -0.05) is 29.8 Å². The number of carbonyl (C=O) groups excluding carboxylic acids is 1. The number of carboxylic acid groups (broad SMARTS) is 1. The van der Waals surface area contributed by atoms with Gasteiger partial charge in [0.2, 0.25) is 0 Å². The van der Waals surface area contributed by atoms with Crippen molar-refractivity contribution in [3.63, 3.8) is 0 Å². The molecule has 2 heterocycles. The molecule has 0 aliphatic carbocycles. The lowest BCUT2D eigenvalue weighted by Crippen LogP contribution is -2.37. The lowest BCUT2D eigenvalue weighted by Gasteiger charge is -2.28. The minimum atomic E-state index is -1.02. The van der Waals surface area contributed by atoms with Crippen LogP contribution in [0.5, 0.6) is 0 Å². The first-order chi connectivity index (χ1) is 13.0. The van der Waals surface area contributed by atoms with Crippen LogP contribution < -0.4 is 10.2 Å². The summed E-state index contributed by atoms with van der Waals surface area (Å²) in [4.78, 5) is 30.4. The largest absolute Gasteiger partial charge is 0.481 e. The molecule has 2 aromatic rings. The lowest BCUT2D eigenvalue weighted by molar-refractivity contribution is -0.137. The number of morpholine rings is 1. The van der Waals surface area contributed by atoms with Gasteiger partial charge in [0.15, 0.2) is 0 Å². The van der Waals surface area contributed by atoms with Crippen LogP contribution in [0.3, 0.4) is 0 Å². The standard InChI is InChI=1S/C19H20ClN3O4/c20-15-4-2-1-3-14(15)16(12-18(24)25)22-19(26)13-5-6-21-17(11-13)23-7-9-27-10-8-23/h1-6,11,16H,7-10,12H2,(H,22,26)(H,24,25). The average molecular weight is 390 g/mol. The summed E-state index contributed by atoms with van der Waals surface area (Å²) in [5.74, 6) is -0.708. The fraction of sp³-hybridized carbons (Fsp3) is 0.316. The number of nitrogens with zero attached hydrogens (tertiary/aromatic N) is 2. The van der Waals surface area contributed by atoms with E-state index >= 15 is 0 Å². The molecule has 3 rings (SSSR count). The minimum absolute atomic E-state index is 0.267. The van der Waals surface area contributed by atoms with Crippen LogP contribution in [0.1, 0.15) is 28.4 Å². The van der Waals surface area contributed by atoms with Crippen molar-refractivity contribution in [1.82, 2.24) is 10.3 Å². The van der Waals surface area contributed by atoms with E-state index in [-0.39, 0.29) is 12.3 Å². The molecular weight excluding hydrogens is 370 g/mol. The van der Waals surface area contributed by atoms with Crippen LogP contribution in [0.25, 0.3) is 0 Å². The quantitative estimate of drug-likeness (QED) is 0.788. The molecule has 2 N–H and O–H groups in total. The molecule has 1 saturated heterocycles. The number of halogens is 1. The highest BCUT2D eigenvalue weighted by molar-refractivity contribution is 6.31. The van der Waals surface area contributed by atoms with Crippen LogP contribution in [-0.4, -0.2) is 48.3 Å². The third kappa shape index (κ3) is 4.96. The van der Waals surface area contributed by atoms with Gasteiger partial charge in [0.05, 0.1) is 25.7 Å². The smallest absolute Gasteiger partial charge is 0.305 e. The van der Waals surface area contributed by atoms with E-state index in [9.17, 15) is 14.7 Å². The summed E-state index contributed by atoms with van der Waals surface area (Å²) in [6.45, 7) is 2.65. The molecule has 1 aliphatic rings. The number of ether oxygens (including phenoxy) is 1. The number of carbonyl (C=O) groups is 2. The van der Waals surface area contributed by atoms with E-state index in [0.717, 1.165) is 0 Å². The molecule has 0 radical (unpaired) electrons. The zero-order chi connectivity index (χ0) is 19.2. The maximum atomic E-state index is 12.7. The molecule has 0 saturated carbocycles. The van der Waals surface area contributed by atoms with Gasteiger partial charge in [0, 0.05) is 29.9 Å². The molecule has 0 spiro atoms. The second kappa shape index (κ2) is 8.83. The second-order valence-electron chi connectivity index (χ2n) is 6.15. The Balaban J connectivity index is 1.79. The number of nitrogens with one attached hydrogen (secondary N) is 1. The van der Waals surface area contributed by atoms with E-state index in [1.54, 1.807) is 42.6 Å². The third-order valence-electron chi connectivity index (χ3n) is 4.31. The molecule has 1 aromatic carbocycles. The van der Waals surface area contributed by atoms with Crippen molar-refractivity contribution < 1.29 is 19.4 Å². The predicted octanol–water partition coefficient (Wildman–Crippen LogP) is 2.52. The van der Waals surface area contributed by atoms with Gasteiger partial charge >= 0.3 is 5.97 Å². The number of hydrogen-bond acceptors (Lipinski definition) is 5. The number of pyridine rings is 1. The van der Waals surface area contributed by atoms with Gasteiger partial charge in [-0.15, -0.1) is 0 Å². The van der Waals surface area contributed by atoms with Crippen LogP contribution in [0.4, 0.5) is 5.82 Å². The van der Waals surface area contributed by atoms with Gasteiger partial charge in [-0.25, -0.2) is 4.98 Å². The van der Waals surface area contributed by atoms with Crippen molar-refractivity contribution in [2.75, 3.05) is 31.2 Å². The molecule has 27 heavy (non-hydrogen) atoms. The van der Waals surface area contributed by atoms with Crippen molar-refractivity contribution in [2.24, 2.45) is 0 Å². The number of rotatable bonds is 6. The van der Waals surface area contributed by atoms with Gasteiger partial charge in [0.1, 0.15) is 5.82 Å². The van der Waals surface area contributed by atoms with Gasteiger partial charge in [-0.05, 0) is 23.8 Å². The van der Waals surface area contributed by atoms with Gasteiger partial charge in [-0.2, -0.15) is 0 Å². The summed E-state index contributed by atoms with van der Waals surface area (Å²) in [7, 11) is 0. The summed E-state index contributed by atoms with van der Waals surface area (Å²) >= 11 is 6.19. The summed E-state index contributed by atoms with van der Waals surface area (Å²) in [5.41, 5.74) is 0.978. The van der Waals surface area contributed by atoms with Crippen molar-refractivity contribution >= 4 is 29.3 Å². The molecule has 0 bridgehead atoms. The Labute approximate surface area is 161 Å². The Kier molecular flexibility index (Phi) is 6.26. The maximum Gasteiger partial charge on any atom is 0.305 e. The molecule has 1 aromatic heterocycles. The Hall–Kier alpha value is -2.64. The third-order valence-corrected chi connectivity index (χ3v) is 4.65. The highest BCUT2D eigenvalue weighted by Gasteiger charge is 2.22. The summed E-state index contributed by atoms with van der Waals surface area (Å²) in [6, 6.07) is 9.45. The molecule has 142 valence electrons. The predicted molar refractivity (Wildman–Crippen MR) is 101 cm³/mol. The van der Waals surface area contributed by atoms with E-state index in [0.29, 0.717) is 48.3 Å². The van der Waals surface area contributed by atoms with Gasteiger partial charge < -0.3 is 20.1 Å². The Morgan fingerprint density at radius 1 is 1.26 bits per heavy atom. The monoisotopic (exact) mass is 389 g/mol. The van der Waals surface area contributed by atoms with Crippen LogP contribution in [-0.2, 0) is 9.53 Å². The highest BCUT2D eigenvalue weighted by Crippen LogP contribution is 2.25. The van der Waals surface area contributed by atoms with E-state index < -0.39 is 12.0 Å². The molecule has 1 aliphatic heterocycles. The molecule has 1 amide bonds. The van der Waals surface area contributed by atoms with E-state index in [1.807, 2.05) is 4.90 Å². The zero-order valence-corrected chi connectivity index (χ0v) is 15.4. The van der Waals surface area contributed by atoms with Crippen molar-refractivity contribution in [3.8, 4) is 0 Å².